The lowest BCUT2D eigenvalue weighted by molar-refractivity contribution is 0.413. The van der Waals surface area contributed by atoms with Gasteiger partial charge in [0.15, 0.2) is 0 Å². The van der Waals surface area contributed by atoms with E-state index in [2.05, 4.69) is 12.2 Å². The molecule has 0 aromatic heterocycles. The van der Waals surface area contributed by atoms with Crippen LogP contribution >= 0.6 is 0 Å². The summed E-state index contributed by atoms with van der Waals surface area (Å²) in [6.45, 7) is 3.04. The van der Waals surface area contributed by atoms with Crippen LogP contribution < -0.4 is 10.1 Å². The highest BCUT2D eigenvalue weighted by Crippen LogP contribution is 2.28. The summed E-state index contributed by atoms with van der Waals surface area (Å²) in [6, 6.07) is 8.00. The molecule has 0 bridgehead atoms. The van der Waals surface area contributed by atoms with Crippen LogP contribution in [0.5, 0.6) is 5.75 Å². The Labute approximate surface area is 111 Å². The Morgan fingerprint density at radius 3 is 3.00 bits per heavy atom. The maximum absolute atomic E-state index is 12.6. The Hall–Kier alpha value is -0.870. The van der Waals surface area contributed by atoms with Gasteiger partial charge in [-0.3, -0.25) is 4.21 Å². The molecule has 1 saturated carbocycles. The summed E-state index contributed by atoms with van der Waals surface area (Å²) in [5.74, 6) is 0.777. The van der Waals surface area contributed by atoms with Crippen molar-refractivity contribution in [2.24, 2.45) is 0 Å². The third-order valence-corrected chi connectivity index (χ3v) is 5.30. The van der Waals surface area contributed by atoms with Crippen molar-refractivity contribution in [2.75, 3.05) is 13.7 Å². The van der Waals surface area contributed by atoms with Gasteiger partial charge in [-0.2, -0.15) is 0 Å². The summed E-state index contributed by atoms with van der Waals surface area (Å²) in [4.78, 5) is 0.879. The van der Waals surface area contributed by atoms with E-state index in [9.17, 15) is 4.21 Å². The van der Waals surface area contributed by atoms with E-state index in [0.29, 0.717) is 6.04 Å². The van der Waals surface area contributed by atoms with Gasteiger partial charge in [0.05, 0.1) is 23.2 Å². The fraction of sp³-hybridized carbons (Fsp3) is 0.571. The van der Waals surface area contributed by atoms with Gasteiger partial charge in [-0.1, -0.05) is 19.4 Å². The lowest BCUT2D eigenvalue weighted by Gasteiger charge is -2.20. The second-order valence-electron chi connectivity index (χ2n) is 4.61. The summed E-state index contributed by atoms with van der Waals surface area (Å²) in [5.41, 5.74) is 0. The molecule has 1 aromatic rings. The van der Waals surface area contributed by atoms with E-state index in [-0.39, 0.29) is 5.25 Å². The third-order valence-electron chi connectivity index (χ3n) is 3.47. The van der Waals surface area contributed by atoms with Crippen molar-refractivity contribution in [2.45, 2.75) is 42.4 Å². The normalized spacial score (nSPS) is 25.0. The molecule has 3 unspecified atom stereocenters. The van der Waals surface area contributed by atoms with E-state index in [4.69, 9.17) is 4.74 Å². The van der Waals surface area contributed by atoms with Gasteiger partial charge < -0.3 is 10.1 Å². The first kappa shape index (κ1) is 13.6. The quantitative estimate of drug-likeness (QED) is 0.890. The monoisotopic (exact) mass is 267 g/mol. The molecule has 0 saturated heterocycles. The van der Waals surface area contributed by atoms with Crippen LogP contribution in [0.2, 0.25) is 0 Å². The Balaban J connectivity index is 2.14. The van der Waals surface area contributed by atoms with Crippen molar-refractivity contribution < 1.29 is 8.95 Å². The van der Waals surface area contributed by atoms with Gasteiger partial charge >= 0.3 is 0 Å². The standard InChI is InChI=1S/C14H21NO2S/c1-3-15-13-8-5-9-14(13)18(16)12-7-4-6-11(10-12)17-2/h4,6-7,10,13-15H,3,5,8-9H2,1-2H3. The third kappa shape index (κ3) is 2.93. The number of benzene rings is 1. The predicted molar refractivity (Wildman–Crippen MR) is 74.5 cm³/mol. The molecule has 1 aliphatic rings. The van der Waals surface area contributed by atoms with Gasteiger partial charge in [0.2, 0.25) is 0 Å². The molecular formula is C14H21NO2S. The van der Waals surface area contributed by atoms with Gasteiger partial charge in [0.25, 0.3) is 0 Å². The minimum Gasteiger partial charge on any atom is -0.497 e. The number of ether oxygens (including phenoxy) is 1. The highest BCUT2D eigenvalue weighted by Gasteiger charge is 2.32. The Bertz CT molecular complexity index is 422. The molecular weight excluding hydrogens is 246 g/mol. The average molecular weight is 267 g/mol. The van der Waals surface area contributed by atoms with Crippen molar-refractivity contribution in [3.63, 3.8) is 0 Å². The summed E-state index contributed by atoms with van der Waals surface area (Å²) in [6.07, 6.45) is 3.34. The molecule has 1 aliphatic carbocycles. The zero-order valence-electron chi connectivity index (χ0n) is 11.0. The largest absolute Gasteiger partial charge is 0.497 e. The van der Waals surface area contributed by atoms with Crippen molar-refractivity contribution in [3.8, 4) is 5.75 Å². The van der Waals surface area contributed by atoms with Crippen LogP contribution in [0.4, 0.5) is 0 Å². The summed E-state index contributed by atoms with van der Waals surface area (Å²) in [7, 11) is 0.693. The van der Waals surface area contributed by atoms with Crippen molar-refractivity contribution >= 4 is 10.8 Å². The molecule has 2 rings (SSSR count). The smallest absolute Gasteiger partial charge is 0.120 e. The minimum absolute atomic E-state index is 0.233. The Morgan fingerprint density at radius 1 is 1.44 bits per heavy atom. The lowest BCUT2D eigenvalue weighted by atomic mass is 10.2. The number of methoxy groups -OCH3 is 1. The van der Waals surface area contributed by atoms with Gasteiger partial charge in [-0.05, 0) is 37.6 Å². The van der Waals surface area contributed by atoms with Crippen LogP contribution in [0, 0.1) is 0 Å². The Morgan fingerprint density at radius 2 is 2.28 bits per heavy atom. The van der Waals surface area contributed by atoms with Crippen LogP contribution in [0.3, 0.4) is 0 Å². The molecule has 18 heavy (non-hydrogen) atoms. The van der Waals surface area contributed by atoms with Crippen LogP contribution in [0.15, 0.2) is 29.2 Å². The number of hydrogen-bond donors (Lipinski definition) is 1. The van der Waals surface area contributed by atoms with Gasteiger partial charge in [0, 0.05) is 10.9 Å². The SMILES string of the molecule is CCNC1CCCC1S(=O)c1cccc(OC)c1. The molecule has 0 radical (unpaired) electrons. The molecule has 1 aromatic carbocycles. The van der Waals surface area contributed by atoms with Crippen LogP contribution in [-0.4, -0.2) is 29.2 Å². The van der Waals surface area contributed by atoms with E-state index < -0.39 is 10.8 Å². The zero-order valence-corrected chi connectivity index (χ0v) is 11.8. The topological polar surface area (TPSA) is 38.3 Å². The molecule has 1 N–H and O–H groups in total. The molecule has 3 atom stereocenters. The molecule has 0 spiro atoms. The summed E-state index contributed by atoms with van der Waals surface area (Å²) < 4.78 is 17.8. The molecule has 100 valence electrons. The van der Waals surface area contributed by atoms with Crippen LogP contribution in [-0.2, 0) is 10.8 Å². The van der Waals surface area contributed by atoms with Gasteiger partial charge in [0.1, 0.15) is 5.75 Å². The minimum atomic E-state index is -0.945. The first-order chi connectivity index (χ1) is 8.76. The molecule has 0 aliphatic heterocycles. The molecule has 0 amide bonds. The summed E-state index contributed by atoms with van der Waals surface area (Å²) >= 11 is 0. The number of rotatable bonds is 5. The highest BCUT2D eigenvalue weighted by atomic mass is 32.2. The van der Waals surface area contributed by atoms with E-state index in [1.165, 1.54) is 0 Å². The fourth-order valence-corrected chi connectivity index (χ4v) is 4.29. The highest BCUT2D eigenvalue weighted by molar-refractivity contribution is 7.85. The van der Waals surface area contributed by atoms with Gasteiger partial charge in [-0.15, -0.1) is 0 Å². The molecule has 4 heteroatoms. The van der Waals surface area contributed by atoms with Crippen molar-refractivity contribution in [1.82, 2.24) is 5.32 Å². The maximum Gasteiger partial charge on any atom is 0.120 e. The Kier molecular flexibility index (Phi) is 4.78. The van der Waals surface area contributed by atoms with Crippen molar-refractivity contribution in [3.05, 3.63) is 24.3 Å². The average Bonchev–Trinajstić information content (AvgIpc) is 2.86. The molecule has 3 nitrogen and oxygen atoms in total. The van der Waals surface area contributed by atoms with Crippen LogP contribution in [0.1, 0.15) is 26.2 Å². The zero-order chi connectivity index (χ0) is 13.0. The lowest BCUT2D eigenvalue weighted by Crippen LogP contribution is -2.37. The maximum atomic E-state index is 12.6. The second kappa shape index (κ2) is 6.34. The van der Waals surface area contributed by atoms with E-state index >= 15 is 0 Å². The second-order valence-corrected chi connectivity index (χ2v) is 6.28. The van der Waals surface area contributed by atoms with E-state index in [1.807, 2.05) is 24.3 Å². The van der Waals surface area contributed by atoms with Crippen LogP contribution in [0.25, 0.3) is 0 Å². The first-order valence-electron chi connectivity index (χ1n) is 6.54. The molecule has 0 heterocycles. The first-order valence-corrected chi connectivity index (χ1v) is 7.75. The van der Waals surface area contributed by atoms with E-state index in [0.717, 1.165) is 36.5 Å². The fourth-order valence-electron chi connectivity index (χ4n) is 2.58. The van der Waals surface area contributed by atoms with E-state index in [1.54, 1.807) is 7.11 Å². The number of hydrogen-bond acceptors (Lipinski definition) is 3. The van der Waals surface area contributed by atoms with Gasteiger partial charge in [-0.25, -0.2) is 0 Å². The summed E-state index contributed by atoms with van der Waals surface area (Å²) in [5, 5.41) is 3.68. The number of nitrogens with one attached hydrogen (secondary N) is 1. The molecule has 1 fully saturated rings. The van der Waals surface area contributed by atoms with Crippen molar-refractivity contribution in [1.29, 1.82) is 0 Å². The predicted octanol–water partition coefficient (Wildman–Crippen LogP) is 2.33.